The Kier molecular flexibility index (Phi) is 13.9. The molecule has 4 rings (SSSR count). The van der Waals surface area contributed by atoms with Crippen LogP contribution in [0, 0.1) is 5.82 Å². The van der Waals surface area contributed by atoms with Crippen LogP contribution in [0.4, 0.5) is 4.39 Å². The fraction of sp³-hybridized carbons (Fsp3) is 0.455. The molecule has 1 saturated heterocycles. The molecular formula is C33H46FN7O. The topological polar surface area (TPSA) is 93.4 Å². The fourth-order valence-electron chi connectivity index (χ4n) is 4.91. The molecule has 42 heavy (non-hydrogen) atoms. The number of nitrogens with zero attached hydrogens (tertiary/aromatic N) is 2. The number of aromatic nitrogens is 1. The summed E-state index contributed by atoms with van der Waals surface area (Å²) in [5.74, 6) is -0.556. The zero-order valence-electron chi connectivity index (χ0n) is 24.6. The highest BCUT2D eigenvalue weighted by molar-refractivity contribution is 5.94. The summed E-state index contributed by atoms with van der Waals surface area (Å²) >= 11 is 0. The lowest BCUT2D eigenvalue weighted by atomic mass is 10.1. The maximum absolute atomic E-state index is 13.0. The number of pyridine rings is 1. The lowest BCUT2D eigenvalue weighted by molar-refractivity contribution is 0.0954. The standard InChI is InChI=1S/C33H46FN7O/c34-31-10-8-30(9-11-31)33(42)39-17-13-28-7-12-32(40-24-28)25-38-23-27-3-5-29(6-4-27)26-41-21-2-16-36-19-18-35-14-1-15-37-20-22-41/h3-12,24,35-38H,1-2,13-23,25-26H2,(H,39,42). The van der Waals surface area contributed by atoms with Gasteiger partial charge in [-0.2, -0.15) is 0 Å². The second kappa shape index (κ2) is 18.4. The molecule has 0 saturated carbocycles. The number of rotatable bonds is 10. The number of carbonyl (C=O) groups is 1. The van der Waals surface area contributed by atoms with Crippen molar-refractivity contribution in [1.29, 1.82) is 0 Å². The van der Waals surface area contributed by atoms with E-state index >= 15 is 0 Å². The SMILES string of the molecule is O=C(NCCc1ccc(CNCc2ccc(CN3CCCNCCNCCCNCC3)cc2)nc1)c1ccc(F)cc1. The van der Waals surface area contributed by atoms with Crippen LogP contribution in [-0.2, 0) is 26.1 Å². The van der Waals surface area contributed by atoms with Gasteiger partial charge < -0.3 is 26.6 Å². The van der Waals surface area contributed by atoms with Crippen molar-refractivity contribution in [3.05, 3.63) is 101 Å². The van der Waals surface area contributed by atoms with Gasteiger partial charge in [-0.25, -0.2) is 4.39 Å². The summed E-state index contributed by atoms with van der Waals surface area (Å²) in [4.78, 5) is 19.3. The minimum Gasteiger partial charge on any atom is -0.352 e. The Morgan fingerprint density at radius 2 is 1.45 bits per heavy atom. The Bertz CT molecular complexity index is 1160. The van der Waals surface area contributed by atoms with E-state index in [1.807, 2.05) is 18.3 Å². The summed E-state index contributed by atoms with van der Waals surface area (Å²) in [5, 5.41) is 17.0. The molecule has 2 heterocycles. The number of carbonyl (C=O) groups excluding carboxylic acids is 1. The summed E-state index contributed by atoms with van der Waals surface area (Å²) < 4.78 is 13.0. The van der Waals surface area contributed by atoms with Crippen molar-refractivity contribution in [2.45, 2.75) is 38.9 Å². The van der Waals surface area contributed by atoms with Gasteiger partial charge in [-0.1, -0.05) is 30.3 Å². The molecule has 0 atom stereocenters. The van der Waals surface area contributed by atoms with Gasteiger partial charge in [-0.3, -0.25) is 14.7 Å². The summed E-state index contributed by atoms with van der Waals surface area (Å²) in [5.41, 5.74) is 5.10. The molecule has 8 nitrogen and oxygen atoms in total. The van der Waals surface area contributed by atoms with Gasteiger partial charge in [0.1, 0.15) is 5.82 Å². The van der Waals surface area contributed by atoms with Crippen LogP contribution in [-0.4, -0.2) is 74.7 Å². The molecule has 1 fully saturated rings. The van der Waals surface area contributed by atoms with E-state index in [9.17, 15) is 9.18 Å². The molecule has 2 aromatic carbocycles. The van der Waals surface area contributed by atoms with E-state index in [0.717, 1.165) is 83.1 Å². The Balaban J connectivity index is 1.14. The monoisotopic (exact) mass is 575 g/mol. The minimum atomic E-state index is -0.351. The van der Waals surface area contributed by atoms with E-state index in [2.05, 4.69) is 60.7 Å². The number of nitrogens with one attached hydrogen (secondary N) is 5. The average Bonchev–Trinajstić information content (AvgIpc) is 3.01. The molecule has 1 aromatic heterocycles. The molecule has 1 aliphatic heterocycles. The van der Waals surface area contributed by atoms with Crippen molar-refractivity contribution in [2.24, 2.45) is 0 Å². The van der Waals surface area contributed by atoms with Crippen LogP contribution in [0.15, 0.2) is 66.9 Å². The van der Waals surface area contributed by atoms with Gasteiger partial charge in [0.05, 0.1) is 5.69 Å². The molecule has 3 aromatic rings. The van der Waals surface area contributed by atoms with Crippen LogP contribution < -0.4 is 26.6 Å². The quantitative estimate of drug-likeness (QED) is 0.254. The van der Waals surface area contributed by atoms with Crippen molar-refractivity contribution < 1.29 is 9.18 Å². The van der Waals surface area contributed by atoms with Crippen LogP contribution in [0.3, 0.4) is 0 Å². The van der Waals surface area contributed by atoms with Gasteiger partial charge in [0.2, 0.25) is 0 Å². The summed E-state index contributed by atoms with van der Waals surface area (Å²) in [7, 11) is 0. The summed E-state index contributed by atoms with van der Waals surface area (Å²) in [6, 6.07) is 18.6. The zero-order chi connectivity index (χ0) is 29.2. The molecule has 0 unspecified atom stereocenters. The lowest BCUT2D eigenvalue weighted by Gasteiger charge is -2.23. The van der Waals surface area contributed by atoms with Crippen LogP contribution in [0.1, 0.15) is 45.6 Å². The largest absolute Gasteiger partial charge is 0.352 e. The van der Waals surface area contributed by atoms with Gasteiger partial charge in [-0.15, -0.1) is 0 Å². The van der Waals surface area contributed by atoms with E-state index in [4.69, 9.17) is 0 Å². The first-order chi connectivity index (χ1) is 20.7. The maximum atomic E-state index is 13.0. The smallest absolute Gasteiger partial charge is 0.251 e. The van der Waals surface area contributed by atoms with Crippen LogP contribution in [0.25, 0.3) is 0 Å². The van der Waals surface area contributed by atoms with Crippen LogP contribution in [0.2, 0.25) is 0 Å². The lowest BCUT2D eigenvalue weighted by Crippen LogP contribution is -2.36. The van der Waals surface area contributed by atoms with Gasteiger partial charge >= 0.3 is 0 Å². The van der Waals surface area contributed by atoms with Crippen LogP contribution in [0.5, 0.6) is 0 Å². The van der Waals surface area contributed by atoms with Gasteiger partial charge in [0.25, 0.3) is 5.91 Å². The highest BCUT2D eigenvalue weighted by Crippen LogP contribution is 2.09. The molecule has 9 heteroatoms. The number of benzene rings is 2. The zero-order valence-corrected chi connectivity index (χ0v) is 24.6. The van der Waals surface area contributed by atoms with Crippen molar-refractivity contribution in [2.75, 3.05) is 58.9 Å². The Hall–Kier alpha value is -3.21. The van der Waals surface area contributed by atoms with Crippen molar-refractivity contribution in [3.8, 4) is 0 Å². The third kappa shape index (κ3) is 12.0. The van der Waals surface area contributed by atoms with Crippen molar-refractivity contribution in [3.63, 3.8) is 0 Å². The van der Waals surface area contributed by atoms with E-state index in [-0.39, 0.29) is 11.7 Å². The molecule has 0 bridgehead atoms. The molecule has 0 aliphatic carbocycles. The number of halogens is 1. The first kappa shape index (κ1) is 31.7. The van der Waals surface area contributed by atoms with E-state index in [0.29, 0.717) is 25.1 Å². The van der Waals surface area contributed by atoms with Gasteiger partial charge in [0.15, 0.2) is 0 Å². The highest BCUT2D eigenvalue weighted by atomic mass is 19.1. The molecule has 5 N–H and O–H groups in total. The molecule has 1 aliphatic rings. The second-order valence-corrected chi connectivity index (χ2v) is 10.8. The Morgan fingerprint density at radius 3 is 2.19 bits per heavy atom. The normalized spacial score (nSPS) is 16.0. The average molecular weight is 576 g/mol. The van der Waals surface area contributed by atoms with E-state index in [1.54, 1.807) is 0 Å². The number of hydrogen-bond donors (Lipinski definition) is 5. The van der Waals surface area contributed by atoms with Crippen molar-refractivity contribution >= 4 is 5.91 Å². The molecule has 226 valence electrons. The Morgan fingerprint density at radius 1 is 0.762 bits per heavy atom. The fourth-order valence-corrected chi connectivity index (χ4v) is 4.91. The van der Waals surface area contributed by atoms with Crippen molar-refractivity contribution in [1.82, 2.24) is 36.5 Å². The highest BCUT2D eigenvalue weighted by Gasteiger charge is 2.08. The molecule has 0 spiro atoms. The second-order valence-electron chi connectivity index (χ2n) is 10.8. The molecule has 1 amide bonds. The Labute approximate surface area is 249 Å². The van der Waals surface area contributed by atoms with Crippen LogP contribution >= 0.6 is 0 Å². The predicted octanol–water partition coefficient (Wildman–Crippen LogP) is 2.85. The first-order valence-corrected chi connectivity index (χ1v) is 15.3. The third-order valence-corrected chi connectivity index (χ3v) is 7.37. The molecular weight excluding hydrogens is 529 g/mol. The molecule has 0 radical (unpaired) electrons. The van der Waals surface area contributed by atoms with Gasteiger partial charge in [0, 0.05) is 64.1 Å². The third-order valence-electron chi connectivity index (χ3n) is 7.37. The van der Waals surface area contributed by atoms with E-state index < -0.39 is 0 Å². The van der Waals surface area contributed by atoms with E-state index in [1.165, 1.54) is 41.8 Å². The predicted molar refractivity (Wildman–Crippen MR) is 167 cm³/mol. The number of amides is 1. The van der Waals surface area contributed by atoms with Gasteiger partial charge in [-0.05, 0) is 92.5 Å². The number of hydrogen-bond acceptors (Lipinski definition) is 7. The summed E-state index contributed by atoms with van der Waals surface area (Å²) in [6.45, 7) is 11.4. The minimum absolute atomic E-state index is 0.204. The maximum Gasteiger partial charge on any atom is 0.251 e. The first-order valence-electron chi connectivity index (χ1n) is 15.3. The summed E-state index contributed by atoms with van der Waals surface area (Å²) in [6.07, 6.45) is 4.87.